The van der Waals surface area contributed by atoms with Crippen molar-refractivity contribution in [2.75, 3.05) is 19.4 Å². The number of esters is 1. The van der Waals surface area contributed by atoms with E-state index in [2.05, 4.69) is 10.6 Å². The predicted octanol–water partition coefficient (Wildman–Crippen LogP) is 4.06. The number of phenolic OH excluding ortho intramolecular Hbond substituents is 1. The van der Waals surface area contributed by atoms with Gasteiger partial charge >= 0.3 is 17.7 Å². The summed E-state index contributed by atoms with van der Waals surface area (Å²) in [6, 6.07) is 0. The van der Waals surface area contributed by atoms with E-state index >= 15 is 0 Å². The van der Waals surface area contributed by atoms with Gasteiger partial charge in [-0.3, -0.25) is 33.6 Å². The van der Waals surface area contributed by atoms with E-state index in [0.29, 0.717) is 0 Å². The quantitative estimate of drug-likeness (QED) is 0.143. The summed E-state index contributed by atoms with van der Waals surface area (Å²) in [5.41, 5.74) is -1.82. The van der Waals surface area contributed by atoms with E-state index < -0.39 is 118 Å². The van der Waals surface area contributed by atoms with Crippen LogP contribution in [-0.2, 0) is 33.4 Å². The Kier molecular flexibility index (Phi) is 16.5. The average Bonchev–Trinajstić information content (AvgIpc) is 3.48. The van der Waals surface area contributed by atoms with Crippen molar-refractivity contribution in [3.63, 3.8) is 0 Å². The molecule has 17 nitrogen and oxygen atoms in total. The summed E-state index contributed by atoms with van der Waals surface area (Å²) >= 11 is 0.806. The number of fused-ring (bicyclic) bond motifs is 14. The number of allylic oxidation sites excluding steroid dienone is 4. The van der Waals surface area contributed by atoms with Gasteiger partial charge in [-0.25, -0.2) is 0 Å². The molecule has 0 fully saturated rings. The smallest absolute Gasteiger partial charge is 0.312 e. The zero-order valence-corrected chi connectivity index (χ0v) is 37.0. The maximum absolute atomic E-state index is 14.6. The van der Waals surface area contributed by atoms with E-state index in [9.17, 15) is 48.9 Å². The van der Waals surface area contributed by atoms with Crippen LogP contribution in [0.1, 0.15) is 104 Å². The molecule has 3 heterocycles. The molecule has 0 radical (unpaired) electrons. The van der Waals surface area contributed by atoms with E-state index in [4.69, 9.17) is 24.1 Å². The highest BCUT2D eigenvalue weighted by Gasteiger charge is 2.53. The summed E-state index contributed by atoms with van der Waals surface area (Å²) in [6.07, 6.45) is 2.89. The Morgan fingerprint density at radius 1 is 0.935 bits per heavy atom. The minimum absolute atomic E-state index is 0.00902. The van der Waals surface area contributed by atoms with E-state index in [-0.39, 0.29) is 58.9 Å². The number of hydrogen-bond donors (Lipinski definition) is 6. The molecule has 1 aliphatic carbocycles. The molecule has 1 aromatic rings. The molecule has 4 aliphatic rings. The number of aliphatic hydroxyl groups excluding tert-OH is 2. The number of aromatic hydroxyl groups is 1. The highest BCUT2D eigenvalue weighted by molar-refractivity contribution is 8.04. The van der Waals surface area contributed by atoms with E-state index in [1.165, 1.54) is 53.0 Å². The number of ketones is 3. The number of methoxy groups -OCH3 is 1. The molecule has 0 saturated carbocycles. The van der Waals surface area contributed by atoms with Crippen molar-refractivity contribution < 1.29 is 72.9 Å². The van der Waals surface area contributed by atoms with E-state index in [1.54, 1.807) is 33.8 Å². The molecule has 5 rings (SSSR count). The zero-order valence-electron chi connectivity index (χ0n) is 36.2. The molecular weight excluding hydrogens is 829 g/mol. The van der Waals surface area contributed by atoms with Crippen LogP contribution in [0.5, 0.6) is 11.5 Å². The van der Waals surface area contributed by atoms with Crippen molar-refractivity contribution >= 4 is 52.9 Å². The summed E-state index contributed by atoms with van der Waals surface area (Å²) in [5.74, 6) is -11.4. The van der Waals surface area contributed by atoms with Crippen LogP contribution in [-0.4, -0.2) is 111 Å². The fraction of sp³-hybridized carbons (Fsp3) is 0.523. The van der Waals surface area contributed by atoms with Gasteiger partial charge in [0.25, 0.3) is 11.7 Å². The standard InChI is InChI=1S/C44H56N2O15S/c1-20-12-10-13-21(2)43(57)46-33-37(54)31-30(38(55)41(33)62-19-17-45-28(48)14-11-15-29(49)50)32-40(25(6)36(31)53)61-44(8,42(32)56)59-18-16-27(58-9)22(3)39(60-26(7)47)24(5)35(52)23(4)34(20)51/h10,12-13,16,18,20,22-24,27,34-35,39,51-53H,11,14-15,17,19H2,1-9H3,(H,45,48)(H,46,57)(H,49,50)/b12-10+,18-16+,21-13-. The SMILES string of the molecule is COC1/C=C/OC2(C)Oc3c(C)c(O)c4c(c3C2=O)C(=O)C(SCCNC(=O)CCCC(=O)O)=C(NC(=O)/C(C)=C\C=C\C(C)C(O)C(C)C(O)C(C)C(OC(C)=O)C1C)C4=O. The van der Waals surface area contributed by atoms with Gasteiger partial charge in [-0.05, 0) is 26.3 Å². The second-order valence-corrected chi connectivity index (χ2v) is 17.0. The number of carboxylic acids is 1. The van der Waals surface area contributed by atoms with E-state index in [0.717, 1.165) is 18.0 Å². The Bertz CT molecular complexity index is 2110. The molecule has 0 saturated heterocycles. The Labute approximate surface area is 364 Å². The minimum atomic E-state index is -2.14. The van der Waals surface area contributed by atoms with Crippen LogP contribution in [0.2, 0.25) is 0 Å². The van der Waals surface area contributed by atoms with Gasteiger partial charge in [-0.1, -0.05) is 45.9 Å². The largest absolute Gasteiger partial charge is 0.507 e. The van der Waals surface area contributed by atoms with Gasteiger partial charge in [-0.15, -0.1) is 11.8 Å². The number of carbonyl (C=O) groups is 7. The molecule has 0 aromatic heterocycles. The molecule has 5 bridgehead atoms. The molecule has 1 aromatic carbocycles. The topological polar surface area (TPSA) is 261 Å². The number of carbonyl (C=O) groups excluding carboxylic acids is 6. The van der Waals surface area contributed by atoms with Gasteiger partial charge in [0.05, 0.1) is 46.2 Å². The van der Waals surface area contributed by atoms with Gasteiger partial charge in [-0.2, -0.15) is 0 Å². The third kappa shape index (κ3) is 10.7. The molecule has 2 amide bonds. The molecule has 9 atom stereocenters. The van der Waals surface area contributed by atoms with Crippen LogP contribution in [0.25, 0.3) is 0 Å². The summed E-state index contributed by atoms with van der Waals surface area (Å²) in [4.78, 5) is 92.3. The molecular formula is C44H56N2O15S. The molecule has 3 aliphatic heterocycles. The third-order valence-corrected chi connectivity index (χ3v) is 12.5. The molecule has 9 unspecified atom stereocenters. The maximum atomic E-state index is 14.6. The van der Waals surface area contributed by atoms with Crippen LogP contribution in [0.3, 0.4) is 0 Å². The first-order valence-corrected chi connectivity index (χ1v) is 21.2. The first-order valence-electron chi connectivity index (χ1n) is 20.2. The average molecular weight is 885 g/mol. The number of benzene rings is 1. The Balaban J connectivity index is 1.84. The maximum Gasteiger partial charge on any atom is 0.312 e. The lowest BCUT2D eigenvalue weighted by molar-refractivity contribution is -0.160. The van der Waals surface area contributed by atoms with Gasteiger partial charge in [0.2, 0.25) is 17.5 Å². The number of hydrogen-bond acceptors (Lipinski definition) is 15. The number of Topliss-reactive ketones (excluding diaryl/α,β-unsaturated/α-hetero) is 3. The van der Waals surface area contributed by atoms with Gasteiger partial charge < -0.3 is 50.0 Å². The summed E-state index contributed by atoms with van der Waals surface area (Å²) in [6.45, 7) is 12.1. The predicted molar refractivity (Wildman–Crippen MR) is 225 cm³/mol. The lowest BCUT2D eigenvalue weighted by Gasteiger charge is -2.38. The lowest BCUT2D eigenvalue weighted by Crippen LogP contribution is -2.46. The molecule has 18 heteroatoms. The zero-order chi connectivity index (χ0) is 46.4. The van der Waals surface area contributed by atoms with Crippen molar-refractivity contribution in [2.45, 2.75) is 105 Å². The fourth-order valence-electron chi connectivity index (χ4n) is 7.63. The number of nitrogens with one attached hydrogen (secondary N) is 2. The molecule has 6 N–H and O–H groups in total. The van der Waals surface area contributed by atoms with Crippen molar-refractivity contribution in [1.82, 2.24) is 10.6 Å². The van der Waals surface area contributed by atoms with Gasteiger partial charge in [0.15, 0.2) is 0 Å². The Hall–Kier alpha value is -5.30. The third-order valence-electron chi connectivity index (χ3n) is 11.4. The van der Waals surface area contributed by atoms with Crippen LogP contribution >= 0.6 is 11.8 Å². The molecule has 62 heavy (non-hydrogen) atoms. The molecule has 0 spiro atoms. The van der Waals surface area contributed by atoms with Crippen LogP contribution < -0.4 is 15.4 Å². The number of phenols is 1. The summed E-state index contributed by atoms with van der Waals surface area (Å²) in [7, 11) is 1.40. The van der Waals surface area contributed by atoms with Crippen molar-refractivity contribution in [1.29, 1.82) is 0 Å². The Morgan fingerprint density at radius 3 is 2.24 bits per heavy atom. The first-order chi connectivity index (χ1) is 29.1. The van der Waals surface area contributed by atoms with Crippen LogP contribution in [0, 0.1) is 30.6 Å². The number of carboxylic acid groups (broad SMARTS) is 1. The van der Waals surface area contributed by atoms with Gasteiger partial charge in [0, 0.05) is 80.9 Å². The number of rotatable bonds is 10. The number of ether oxygens (including phenoxy) is 4. The summed E-state index contributed by atoms with van der Waals surface area (Å²) in [5, 5.41) is 48.3. The van der Waals surface area contributed by atoms with Crippen molar-refractivity contribution in [2.24, 2.45) is 23.7 Å². The highest BCUT2D eigenvalue weighted by Crippen LogP contribution is 2.49. The van der Waals surface area contributed by atoms with Gasteiger partial charge in [0.1, 0.15) is 23.3 Å². The second kappa shape index (κ2) is 20.7. The first kappa shape index (κ1) is 49.4. The highest BCUT2D eigenvalue weighted by atomic mass is 32.2. The van der Waals surface area contributed by atoms with E-state index in [1.807, 2.05) is 0 Å². The van der Waals surface area contributed by atoms with Crippen LogP contribution in [0.4, 0.5) is 0 Å². The number of thioether (sulfide) groups is 1. The molecule has 338 valence electrons. The fourth-order valence-corrected chi connectivity index (χ4v) is 8.56. The van der Waals surface area contributed by atoms with Crippen molar-refractivity contribution in [3.05, 3.63) is 69.0 Å². The minimum Gasteiger partial charge on any atom is -0.507 e. The summed E-state index contributed by atoms with van der Waals surface area (Å²) < 4.78 is 23.4. The number of amides is 2. The number of aliphatic carboxylic acids is 1. The van der Waals surface area contributed by atoms with Crippen LogP contribution in [0.15, 0.2) is 46.7 Å². The number of aliphatic hydroxyl groups is 2. The Morgan fingerprint density at radius 2 is 1.61 bits per heavy atom. The monoisotopic (exact) mass is 884 g/mol. The normalized spacial score (nSPS) is 30.1. The lowest BCUT2D eigenvalue weighted by atomic mass is 9.78. The van der Waals surface area contributed by atoms with Crippen molar-refractivity contribution in [3.8, 4) is 11.5 Å². The second-order valence-electron chi connectivity index (χ2n) is 15.9.